The van der Waals surface area contributed by atoms with E-state index in [2.05, 4.69) is 25.6 Å². The van der Waals surface area contributed by atoms with Gasteiger partial charge in [-0.2, -0.15) is 10.5 Å². The Balaban J connectivity index is 1.91. The second kappa shape index (κ2) is 6.63. The average molecular weight is 371 g/mol. The Bertz CT molecular complexity index is 1170. The minimum absolute atomic E-state index is 0.00128. The van der Waals surface area contributed by atoms with Crippen LogP contribution in [0.4, 0.5) is 17.3 Å². The Morgan fingerprint density at radius 1 is 1.25 bits per heavy atom. The van der Waals surface area contributed by atoms with Crippen LogP contribution >= 0.6 is 0 Å². The van der Waals surface area contributed by atoms with Gasteiger partial charge in [0.05, 0.1) is 11.9 Å². The summed E-state index contributed by atoms with van der Waals surface area (Å²) in [5.74, 6) is 1.12. The van der Waals surface area contributed by atoms with Crippen molar-refractivity contribution >= 4 is 23.3 Å². The molecule has 3 heterocycles. The first kappa shape index (κ1) is 16.9. The molecule has 1 aliphatic rings. The average Bonchev–Trinajstić information content (AvgIpc) is 3.23. The fraction of sp³-hybridized carbons (Fsp3) is 0.0556. The maximum atomic E-state index is 9.38. The molecule has 1 unspecified atom stereocenters. The Morgan fingerprint density at radius 3 is 2.82 bits per heavy atom. The van der Waals surface area contributed by atoms with E-state index in [1.807, 2.05) is 36.5 Å². The molecule has 3 aromatic rings. The Kier molecular flexibility index (Phi) is 3.99. The molecule has 0 bridgehead atoms. The van der Waals surface area contributed by atoms with E-state index in [0.717, 1.165) is 11.1 Å². The van der Waals surface area contributed by atoms with Crippen molar-refractivity contribution in [3.63, 3.8) is 0 Å². The molecule has 28 heavy (non-hydrogen) atoms. The van der Waals surface area contributed by atoms with Gasteiger partial charge in [-0.1, -0.05) is 18.2 Å². The molecule has 0 saturated carbocycles. The molecule has 0 fully saturated rings. The number of aromatic nitrogens is 2. The fourth-order valence-corrected chi connectivity index (χ4v) is 3.04. The van der Waals surface area contributed by atoms with Gasteiger partial charge in [-0.15, -0.1) is 0 Å². The van der Waals surface area contributed by atoms with Gasteiger partial charge in [0.25, 0.3) is 0 Å². The summed E-state index contributed by atoms with van der Waals surface area (Å²) >= 11 is 0. The van der Waals surface area contributed by atoms with Crippen molar-refractivity contribution in [1.82, 2.24) is 15.3 Å². The van der Waals surface area contributed by atoms with Gasteiger partial charge < -0.3 is 21.2 Å². The van der Waals surface area contributed by atoms with Crippen molar-refractivity contribution in [1.29, 1.82) is 10.5 Å². The van der Waals surface area contributed by atoms with Gasteiger partial charge in [0.2, 0.25) is 5.96 Å². The normalized spacial score (nSPS) is 14.8. The molecule has 1 atom stereocenters. The van der Waals surface area contributed by atoms with Crippen LogP contribution in [0.1, 0.15) is 22.7 Å². The SMILES string of the molecule is N#CNC1=NC(c2cccc(-c3cnco3)c2)c2c(nc(N)c(C#N)c2N)N1. The fourth-order valence-electron chi connectivity index (χ4n) is 3.04. The first-order chi connectivity index (χ1) is 13.6. The van der Waals surface area contributed by atoms with Gasteiger partial charge >= 0.3 is 0 Å². The summed E-state index contributed by atoms with van der Waals surface area (Å²) in [5.41, 5.74) is 14.4. The number of guanidine groups is 1. The Hall–Kier alpha value is -4.57. The highest BCUT2D eigenvalue weighted by Gasteiger charge is 2.29. The minimum Gasteiger partial charge on any atom is -0.444 e. The summed E-state index contributed by atoms with van der Waals surface area (Å²) in [6.45, 7) is 0. The quantitative estimate of drug-likeness (QED) is 0.386. The molecule has 0 radical (unpaired) electrons. The Labute approximate surface area is 159 Å². The lowest BCUT2D eigenvalue weighted by Gasteiger charge is -2.26. The molecule has 6 N–H and O–H groups in total. The number of hydrogen-bond acceptors (Lipinski definition) is 10. The van der Waals surface area contributed by atoms with Gasteiger partial charge in [0.15, 0.2) is 18.3 Å². The zero-order valence-electron chi connectivity index (χ0n) is 14.3. The number of oxazole rings is 1. The predicted octanol–water partition coefficient (Wildman–Crippen LogP) is 1.71. The third-order valence-corrected chi connectivity index (χ3v) is 4.28. The Morgan fingerprint density at radius 2 is 2.11 bits per heavy atom. The van der Waals surface area contributed by atoms with Crippen LogP contribution in [0.2, 0.25) is 0 Å². The zero-order chi connectivity index (χ0) is 19.7. The lowest BCUT2D eigenvalue weighted by molar-refractivity contribution is 0.572. The van der Waals surface area contributed by atoms with Crippen LogP contribution in [0.25, 0.3) is 11.3 Å². The van der Waals surface area contributed by atoms with E-state index in [9.17, 15) is 5.26 Å². The number of nitrogen functional groups attached to an aromatic ring is 2. The van der Waals surface area contributed by atoms with Crippen molar-refractivity contribution in [2.45, 2.75) is 6.04 Å². The van der Waals surface area contributed by atoms with E-state index in [-0.39, 0.29) is 23.0 Å². The van der Waals surface area contributed by atoms with Crippen LogP contribution in [-0.4, -0.2) is 15.9 Å². The largest absolute Gasteiger partial charge is 0.444 e. The van der Waals surface area contributed by atoms with Gasteiger partial charge in [-0.05, 0) is 11.6 Å². The van der Waals surface area contributed by atoms with Crippen LogP contribution in [0.3, 0.4) is 0 Å². The lowest BCUT2D eigenvalue weighted by Crippen LogP contribution is -2.32. The summed E-state index contributed by atoms with van der Waals surface area (Å²) < 4.78 is 5.36. The van der Waals surface area contributed by atoms with Crippen molar-refractivity contribution in [3.8, 4) is 23.6 Å². The van der Waals surface area contributed by atoms with Crippen molar-refractivity contribution < 1.29 is 4.42 Å². The summed E-state index contributed by atoms with van der Waals surface area (Å²) in [6, 6.07) is 8.80. The molecular weight excluding hydrogens is 358 g/mol. The summed E-state index contributed by atoms with van der Waals surface area (Å²) in [5, 5.41) is 23.7. The summed E-state index contributed by atoms with van der Waals surface area (Å²) in [6.07, 6.45) is 4.77. The smallest absolute Gasteiger partial charge is 0.211 e. The van der Waals surface area contributed by atoms with E-state index >= 15 is 0 Å². The molecule has 2 aromatic heterocycles. The highest BCUT2D eigenvalue weighted by Crippen LogP contribution is 2.41. The van der Waals surface area contributed by atoms with Crippen LogP contribution in [0.15, 0.2) is 46.3 Å². The highest BCUT2D eigenvalue weighted by atomic mass is 16.3. The molecular formula is C18H13N9O. The predicted molar refractivity (Wildman–Crippen MR) is 101 cm³/mol. The van der Waals surface area contributed by atoms with Crippen molar-refractivity contribution in [2.75, 3.05) is 16.8 Å². The number of nitriles is 2. The molecule has 0 aliphatic carbocycles. The van der Waals surface area contributed by atoms with Crippen LogP contribution in [0, 0.1) is 22.8 Å². The summed E-state index contributed by atoms with van der Waals surface area (Å²) in [7, 11) is 0. The van der Waals surface area contributed by atoms with Gasteiger partial charge in [-0.25, -0.2) is 15.0 Å². The topological polar surface area (TPSA) is 175 Å². The van der Waals surface area contributed by atoms with E-state index in [1.54, 1.807) is 6.20 Å². The lowest BCUT2D eigenvalue weighted by atomic mass is 9.94. The number of fused-ring (bicyclic) bond motifs is 1. The zero-order valence-corrected chi connectivity index (χ0v) is 14.3. The standard InChI is InChI=1S/C18H13N9O/c19-5-11-14(21)13-15(25-18(24-7-20)27-17(13)26-16(11)22)10-3-1-2-9(4-10)12-6-23-8-28-12/h1-4,6,8,15H,(H6,21,22,24,25,26,27). The van der Waals surface area contributed by atoms with Crippen LogP contribution < -0.4 is 22.1 Å². The number of nitrogens with one attached hydrogen (secondary N) is 2. The van der Waals surface area contributed by atoms with Crippen molar-refractivity contribution in [3.05, 3.63) is 53.5 Å². The molecule has 4 rings (SSSR count). The van der Waals surface area contributed by atoms with Gasteiger partial charge in [0, 0.05) is 11.1 Å². The van der Waals surface area contributed by atoms with Gasteiger partial charge in [-0.3, -0.25) is 5.32 Å². The second-order valence-electron chi connectivity index (χ2n) is 5.89. The van der Waals surface area contributed by atoms with E-state index < -0.39 is 6.04 Å². The maximum Gasteiger partial charge on any atom is 0.211 e. The molecule has 10 heteroatoms. The summed E-state index contributed by atoms with van der Waals surface area (Å²) in [4.78, 5) is 12.7. The third kappa shape index (κ3) is 2.71. The molecule has 1 aromatic carbocycles. The number of hydrogen-bond donors (Lipinski definition) is 4. The number of nitrogens with two attached hydrogens (primary N) is 2. The monoisotopic (exact) mass is 371 g/mol. The van der Waals surface area contributed by atoms with Gasteiger partial charge in [0.1, 0.15) is 29.3 Å². The highest BCUT2D eigenvalue weighted by molar-refractivity contribution is 5.98. The second-order valence-corrected chi connectivity index (χ2v) is 5.89. The van der Waals surface area contributed by atoms with E-state index in [4.69, 9.17) is 21.1 Å². The number of benzene rings is 1. The van der Waals surface area contributed by atoms with Crippen LogP contribution in [0.5, 0.6) is 0 Å². The number of nitrogens with zero attached hydrogens (tertiary/aromatic N) is 5. The molecule has 10 nitrogen and oxygen atoms in total. The molecule has 136 valence electrons. The number of rotatable bonds is 2. The molecule has 0 spiro atoms. The number of anilines is 3. The third-order valence-electron chi connectivity index (χ3n) is 4.28. The first-order valence-electron chi connectivity index (χ1n) is 8.10. The minimum atomic E-state index is -0.616. The number of pyridine rings is 1. The van der Waals surface area contributed by atoms with E-state index in [0.29, 0.717) is 17.1 Å². The molecule has 0 saturated heterocycles. The van der Waals surface area contributed by atoms with E-state index in [1.165, 1.54) is 6.39 Å². The first-order valence-corrected chi connectivity index (χ1v) is 8.10. The number of aliphatic imine (C=N–C) groups is 1. The molecule has 0 amide bonds. The van der Waals surface area contributed by atoms with Crippen molar-refractivity contribution in [2.24, 2.45) is 4.99 Å². The molecule has 1 aliphatic heterocycles. The van der Waals surface area contributed by atoms with Crippen LogP contribution in [-0.2, 0) is 0 Å². The maximum absolute atomic E-state index is 9.38.